The van der Waals surface area contributed by atoms with Crippen LogP contribution < -0.4 is 11.1 Å². The number of hydrogen-bond acceptors (Lipinski definition) is 5. The molecule has 2 saturated heterocycles. The molecule has 20 heavy (non-hydrogen) atoms. The second-order valence-corrected chi connectivity index (χ2v) is 8.34. The predicted molar refractivity (Wildman–Crippen MR) is 78.5 cm³/mol. The quantitative estimate of drug-likeness (QED) is 0.669. The largest absolute Gasteiger partial charge is 0.350 e. The van der Waals surface area contributed by atoms with Crippen molar-refractivity contribution >= 4 is 27.3 Å². The van der Waals surface area contributed by atoms with Crippen LogP contribution in [0, 0.1) is 0 Å². The number of piperidine rings is 1. The van der Waals surface area contributed by atoms with Gasteiger partial charge < -0.3 is 11.1 Å². The van der Waals surface area contributed by atoms with E-state index < -0.39 is 21.3 Å². The molecule has 3 N–H and O–H groups in total. The normalized spacial score (nSPS) is 34.0. The molecule has 8 heteroatoms. The standard InChI is InChI=1S/C12H22ClN3O3S/c13-10-7-20(18,19)8-11(10)15-12(17)6-16-4-2-1-3-9(16)5-14/h9-11H,1-8,14H2,(H,15,17). The Morgan fingerprint density at radius 2 is 2.10 bits per heavy atom. The van der Waals surface area contributed by atoms with Crippen LogP contribution in [0.1, 0.15) is 19.3 Å². The average Bonchev–Trinajstić information content (AvgIpc) is 2.62. The monoisotopic (exact) mass is 323 g/mol. The first-order valence-corrected chi connectivity index (χ1v) is 9.25. The van der Waals surface area contributed by atoms with E-state index in [2.05, 4.69) is 10.2 Å². The summed E-state index contributed by atoms with van der Waals surface area (Å²) in [6.45, 7) is 1.67. The van der Waals surface area contributed by atoms with Crippen LogP contribution in [-0.4, -0.2) is 67.8 Å². The maximum Gasteiger partial charge on any atom is 0.234 e. The number of nitrogens with zero attached hydrogens (tertiary/aromatic N) is 1. The topological polar surface area (TPSA) is 92.5 Å². The third kappa shape index (κ3) is 4.07. The second kappa shape index (κ2) is 6.60. The predicted octanol–water partition coefficient (Wildman–Crippen LogP) is -0.680. The van der Waals surface area contributed by atoms with Gasteiger partial charge in [-0.25, -0.2) is 8.42 Å². The highest BCUT2D eigenvalue weighted by Gasteiger charge is 2.37. The van der Waals surface area contributed by atoms with E-state index in [9.17, 15) is 13.2 Å². The lowest BCUT2D eigenvalue weighted by Gasteiger charge is -2.34. The summed E-state index contributed by atoms with van der Waals surface area (Å²) in [5, 5.41) is 2.21. The van der Waals surface area contributed by atoms with Crippen molar-refractivity contribution in [2.75, 3.05) is 31.1 Å². The highest BCUT2D eigenvalue weighted by atomic mass is 35.5. The summed E-state index contributed by atoms with van der Waals surface area (Å²) in [6, 6.07) is -0.233. The molecule has 0 bridgehead atoms. The maximum absolute atomic E-state index is 12.0. The van der Waals surface area contributed by atoms with E-state index in [1.54, 1.807) is 0 Å². The third-order valence-corrected chi connectivity index (χ3v) is 6.37. The van der Waals surface area contributed by atoms with Crippen molar-refractivity contribution < 1.29 is 13.2 Å². The van der Waals surface area contributed by atoms with Crippen LogP contribution in [-0.2, 0) is 14.6 Å². The molecule has 0 saturated carbocycles. The summed E-state index contributed by atoms with van der Waals surface area (Å²) >= 11 is 5.98. The number of carbonyl (C=O) groups is 1. The van der Waals surface area contributed by atoms with Gasteiger partial charge in [-0.05, 0) is 19.4 Å². The Morgan fingerprint density at radius 1 is 1.35 bits per heavy atom. The molecule has 3 unspecified atom stereocenters. The number of nitrogens with two attached hydrogens (primary N) is 1. The molecule has 0 aromatic heterocycles. The second-order valence-electron chi connectivity index (χ2n) is 5.62. The summed E-state index contributed by atoms with van der Waals surface area (Å²) in [4.78, 5) is 14.1. The Kier molecular flexibility index (Phi) is 5.28. The fourth-order valence-electron chi connectivity index (χ4n) is 2.91. The van der Waals surface area contributed by atoms with Gasteiger partial charge in [-0.2, -0.15) is 0 Å². The lowest BCUT2D eigenvalue weighted by molar-refractivity contribution is -0.123. The zero-order valence-electron chi connectivity index (χ0n) is 11.4. The van der Waals surface area contributed by atoms with E-state index in [1.807, 2.05) is 0 Å². The van der Waals surface area contributed by atoms with Gasteiger partial charge in [-0.1, -0.05) is 6.42 Å². The Labute approximate surface area is 124 Å². The molecular weight excluding hydrogens is 302 g/mol. The lowest BCUT2D eigenvalue weighted by Crippen LogP contribution is -2.51. The zero-order chi connectivity index (χ0) is 14.8. The molecule has 2 rings (SSSR count). The molecule has 0 aromatic rings. The van der Waals surface area contributed by atoms with E-state index in [1.165, 1.54) is 0 Å². The number of likely N-dealkylation sites (tertiary alicyclic amines) is 1. The Balaban J connectivity index is 1.86. The number of amides is 1. The van der Waals surface area contributed by atoms with Crippen molar-refractivity contribution in [3.63, 3.8) is 0 Å². The third-order valence-electron chi connectivity index (χ3n) is 4.00. The van der Waals surface area contributed by atoms with Crippen molar-refractivity contribution in [3.8, 4) is 0 Å². The van der Waals surface area contributed by atoms with Crippen LogP contribution in [0.25, 0.3) is 0 Å². The van der Waals surface area contributed by atoms with Crippen LogP contribution in [0.5, 0.6) is 0 Å². The first-order valence-electron chi connectivity index (χ1n) is 6.99. The molecule has 0 radical (unpaired) electrons. The van der Waals surface area contributed by atoms with E-state index >= 15 is 0 Å². The molecule has 2 aliphatic heterocycles. The van der Waals surface area contributed by atoms with Gasteiger partial charge in [0, 0.05) is 12.6 Å². The van der Waals surface area contributed by atoms with Crippen LogP contribution in [0.4, 0.5) is 0 Å². The van der Waals surface area contributed by atoms with E-state index in [-0.39, 0.29) is 30.0 Å². The van der Waals surface area contributed by atoms with Gasteiger partial charge in [-0.15, -0.1) is 11.6 Å². The van der Waals surface area contributed by atoms with Gasteiger partial charge in [0.1, 0.15) is 0 Å². The minimum Gasteiger partial charge on any atom is -0.350 e. The van der Waals surface area contributed by atoms with Crippen molar-refractivity contribution in [1.29, 1.82) is 0 Å². The van der Waals surface area contributed by atoms with Crippen LogP contribution in [0.15, 0.2) is 0 Å². The minimum absolute atomic E-state index is 0.0609. The molecule has 1 amide bonds. The summed E-state index contributed by atoms with van der Waals surface area (Å²) in [6.07, 6.45) is 3.23. The fraction of sp³-hybridized carbons (Fsp3) is 0.917. The van der Waals surface area contributed by atoms with Gasteiger partial charge in [0.15, 0.2) is 9.84 Å². The molecule has 0 aromatic carbocycles. The molecule has 0 aliphatic carbocycles. The summed E-state index contributed by atoms with van der Waals surface area (Å²) in [5.74, 6) is -0.292. The molecule has 3 atom stereocenters. The van der Waals surface area contributed by atoms with Gasteiger partial charge >= 0.3 is 0 Å². The maximum atomic E-state index is 12.0. The number of alkyl halides is 1. The highest BCUT2D eigenvalue weighted by molar-refractivity contribution is 7.91. The molecule has 2 aliphatic rings. The van der Waals surface area contributed by atoms with Crippen LogP contribution in [0.3, 0.4) is 0 Å². The smallest absolute Gasteiger partial charge is 0.234 e. The molecular formula is C12H22ClN3O3S. The number of sulfone groups is 1. The van der Waals surface area contributed by atoms with Crippen molar-refractivity contribution in [3.05, 3.63) is 0 Å². The number of halogens is 1. The first kappa shape index (κ1) is 16.0. The molecule has 6 nitrogen and oxygen atoms in total. The highest BCUT2D eigenvalue weighted by Crippen LogP contribution is 2.19. The number of hydrogen-bond donors (Lipinski definition) is 2. The number of rotatable bonds is 4. The summed E-state index contributed by atoms with van der Waals surface area (Å²) < 4.78 is 22.9. The summed E-state index contributed by atoms with van der Waals surface area (Å²) in [7, 11) is -3.12. The van der Waals surface area contributed by atoms with Crippen molar-refractivity contribution in [2.24, 2.45) is 5.73 Å². The zero-order valence-corrected chi connectivity index (χ0v) is 13.0. The van der Waals surface area contributed by atoms with Gasteiger partial charge in [-0.3, -0.25) is 9.69 Å². The van der Waals surface area contributed by atoms with E-state index in [0.717, 1.165) is 25.8 Å². The van der Waals surface area contributed by atoms with Crippen LogP contribution >= 0.6 is 11.6 Å². The van der Waals surface area contributed by atoms with Crippen molar-refractivity contribution in [1.82, 2.24) is 10.2 Å². The number of nitrogens with one attached hydrogen (secondary N) is 1. The Morgan fingerprint density at radius 3 is 2.70 bits per heavy atom. The average molecular weight is 324 g/mol. The molecule has 116 valence electrons. The SMILES string of the molecule is NCC1CCCCN1CC(=O)NC1CS(=O)(=O)CC1Cl. The first-order chi connectivity index (χ1) is 9.41. The van der Waals surface area contributed by atoms with E-state index in [4.69, 9.17) is 17.3 Å². The van der Waals surface area contributed by atoms with Gasteiger partial charge in [0.2, 0.25) is 5.91 Å². The van der Waals surface area contributed by atoms with Gasteiger partial charge in [0.25, 0.3) is 0 Å². The Bertz CT molecular complexity index is 457. The Hall–Kier alpha value is -0.370. The van der Waals surface area contributed by atoms with Crippen LogP contribution in [0.2, 0.25) is 0 Å². The minimum atomic E-state index is -3.12. The molecule has 2 fully saturated rings. The van der Waals surface area contributed by atoms with Gasteiger partial charge in [0.05, 0.1) is 29.5 Å². The van der Waals surface area contributed by atoms with E-state index in [0.29, 0.717) is 6.54 Å². The summed E-state index contributed by atoms with van der Waals surface area (Å²) in [5.41, 5.74) is 5.72. The number of carbonyl (C=O) groups excluding carboxylic acids is 1. The van der Waals surface area contributed by atoms with Crippen molar-refractivity contribution in [2.45, 2.75) is 36.7 Å². The molecule has 0 spiro atoms. The lowest BCUT2D eigenvalue weighted by atomic mass is 10.0. The fourth-order valence-corrected chi connectivity index (χ4v) is 5.46. The molecule has 2 heterocycles.